The van der Waals surface area contributed by atoms with E-state index in [2.05, 4.69) is 18.8 Å². The van der Waals surface area contributed by atoms with Crippen LogP contribution in [0.25, 0.3) is 0 Å². The summed E-state index contributed by atoms with van der Waals surface area (Å²) < 4.78 is 0. The van der Waals surface area contributed by atoms with Gasteiger partial charge in [0, 0.05) is 24.5 Å². The molecule has 0 aliphatic heterocycles. The molecule has 0 atom stereocenters. The molecule has 1 aliphatic carbocycles. The molecule has 1 heterocycles. The van der Waals surface area contributed by atoms with Crippen LogP contribution in [0.5, 0.6) is 0 Å². The first-order valence-corrected chi connectivity index (χ1v) is 4.50. The van der Waals surface area contributed by atoms with Gasteiger partial charge in [-0.15, -0.1) is 0 Å². The number of rotatable bonds is 0. The van der Waals surface area contributed by atoms with Crippen molar-refractivity contribution in [2.24, 2.45) is 0 Å². The Morgan fingerprint density at radius 3 is 2.75 bits per heavy atom. The molecule has 0 aromatic carbocycles. The number of aryl methyl sites for hydroxylation is 2. The summed E-state index contributed by atoms with van der Waals surface area (Å²) >= 11 is 0. The zero-order valence-corrected chi connectivity index (χ0v) is 7.70. The third-order valence-corrected chi connectivity index (χ3v) is 2.85. The molecular formula is C10H15N2+. The van der Waals surface area contributed by atoms with Gasteiger partial charge in [-0.05, 0) is 19.8 Å². The summed E-state index contributed by atoms with van der Waals surface area (Å²) in [6, 6.07) is 0. The maximum atomic E-state index is 6.01. The van der Waals surface area contributed by atoms with Crippen molar-refractivity contribution in [2.45, 2.75) is 33.1 Å². The molecule has 12 heavy (non-hydrogen) atoms. The third-order valence-electron chi connectivity index (χ3n) is 2.85. The van der Waals surface area contributed by atoms with Crippen LogP contribution in [0.15, 0.2) is 0 Å². The van der Waals surface area contributed by atoms with Gasteiger partial charge < -0.3 is 5.73 Å². The molecule has 1 aromatic rings. The fraction of sp³-hybridized carbons (Fsp3) is 0.500. The number of aromatic amines is 1. The van der Waals surface area contributed by atoms with Gasteiger partial charge in [0.05, 0.1) is 5.69 Å². The smallest absolute Gasteiger partial charge is 0.185 e. The van der Waals surface area contributed by atoms with Crippen LogP contribution in [0.4, 0.5) is 5.69 Å². The normalized spacial score (nSPS) is 14.8. The number of nitrogens with one attached hydrogen (secondary N) is 1. The molecule has 0 saturated heterocycles. The van der Waals surface area contributed by atoms with Gasteiger partial charge in [0.15, 0.2) is 11.4 Å². The van der Waals surface area contributed by atoms with Gasteiger partial charge in [0.25, 0.3) is 0 Å². The first-order chi connectivity index (χ1) is 5.70. The monoisotopic (exact) mass is 163 g/mol. The summed E-state index contributed by atoms with van der Waals surface area (Å²) in [7, 11) is 0. The molecule has 0 spiro atoms. The van der Waals surface area contributed by atoms with Gasteiger partial charge in [-0.2, -0.15) is 0 Å². The standard InChI is InChI=1S/C10H14N2/c1-6-7(2)12-9-5-3-4-8(9)10(6)11/h3-5H2,1-2H3,(H2,11,12)/p+1. The number of fused-ring (bicyclic) bond motifs is 1. The quantitative estimate of drug-likeness (QED) is 0.613. The molecule has 1 aliphatic rings. The number of H-pyrrole nitrogens is 1. The van der Waals surface area contributed by atoms with Crippen molar-refractivity contribution in [3.63, 3.8) is 0 Å². The molecule has 2 heteroatoms. The van der Waals surface area contributed by atoms with E-state index in [0.29, 0.717) is 0 Å². The van der Waals surface area contributed by atoms with Crippen LogP contribution in [0.1, 0.15) is 28.9 Å². The van der Waals surface area contributed by atoms with Crippen LogP contribution < -0.4 is 10.7 Å². The maximum absolute atomic E-state index is 6.01. The Bertz CT molecular complexity index is 329. The van der Waals surface area contributed by atoms with Crippen molar-refractivity contribution in [1.29, 1.82) is 0 Å². The summed E-state index contributed by atoms with van der Waals surface area (Å²) in [5.41, 5.74) is 12.2. The molecule has 64 valence electrons. The predicted molar refractivity (Wildman–Crippen MR) is 48.9 cm³/mol. The van der Waals surface area contributed by atoms with Crippen LogP contribution >= 0.6 is 0 Å². The zero-order valence-electron chi connectivity index (χ0n) is 7.70. The second-order valence-corrected chi connectivity index (χ2v) is 3.60. The molecule has 0 unspecified atom stereocenters. The van der Waals surface area contributed by atoms with Crippen molar-refractivity contribution in [3.05, 3.63) is 22.5 Å². The minimum absolute atomic E-state index is 1.01. The van der Waals surface area contributed by atoms with Crippen LogP contribution in [-0.4, -0.2) is 0 Å². The molecule has 1 aromatic heterocycles. The largest absolute Gasteiger partial charge is 0.398 e. The number of aromatic nitrogens is 1. The Kier molecular flexibility index (Phi) is 1.56. The van der Waals surface area contributed by atoms with Crippen molar-refractivity contribution >= 4 is 5.69 Å². The first kappa shape index (κ1) is 7.59. The lowest BCUT2D eigenvalue weighted by atomic mass is 10.1. The fourth-order valence-corrected chi connectivity index (χ4v) is 1.93. The summed E-state index contributed by atoms with van der Waals surface area (Å²) in [6.45, 7) is 4.17. The van der Waals surface area contributed by atoms with Crippen molar-refractivity contribution in [3.8, 4) is 0 Å². The van der Waals surface area contributed by atoms with Crippen LogP contribution in [-0.2, 0) is 12.8 Å². The van der Waals surface area contributed by atoms with Crippen LogP contribution in [0.3, 0.4) is 0 Å². The number of hydrogen-bond donors (Lipinski definition) is 1. The average molecular weight is 163 g/mol. The van der Waals surface area contributed by atoms with Crippen molar-refractivity contribution < 1.29 is 4.98 Å². The third kappa shape index (κ3) is 0.909. The molecule has 0 saturated carbocycles. The number of hydrogen-bond acceptors (Lipinski definition) is 1. The Labute approximate surface area is 72.8 Å². The van der Waals surface area contributed by atoms with Crippen molar-refractivity contribution in [1.82, 2.24) is 0 Å². The second-order valence-electron chi connectivity index (χ2n) is 3.60. The number of pyridine rings is 1. The van der Waals surface area contributed by atoms with Gasteiger partial charge in [-0.3, -0.25) is 0 Å². The average Bonchev–Trinajstić information content (AvgIpc) is 2.48. The van der Waals surface area contributed by atoms with Crippen LogP contribution in [0.2, 0.25) is 0 Å². The molecule has 0 bridgehead atoms. The van der Waals surface area contributed by atoms with E-state index < -0.39 is 0 Å². The summed E-state index contributed by atoms with van der Waals surface area (Å²) in [6.07, 6.45) is 3.57. The molecule has 0 radical (unpaired) electrons. The lowest BCUT2D eigenvalue weighted by Crippen LogP contribution is -2.18. The SMILES string of the molecule is Cc1[nH+]c2c(c(N)c1C)CCC2. The Morgan fingerprint density at radius 1 is 1.25 bits per heavy atom. The minimum Gasteiger partial charge on any atom is -0.398 e. The molecule has 0 amide bonds. The van der Waals surface area contributed by atoms with Crippen LogP contribution in [0, 0.1) is 13.8 Å². The molecule has 2 nitrogen and oxygen atoms in total. The number of nitrogen functional groups attached to an aromatic ring is 1. The molecule has 2 rings (SSSR count). The van der Waals surface area contributed by atoms with E-state index in [0.717, 1.165) is 12.1 Å². The highest BCUT2D eigenvalue weighted by atomic mass is 14.8. The zero-order chi connectivity index (χ0) is 8.72. The molecule has 3 N–H and O–H groups in total. The molecule has 0 fully saturated rings. The fourth-order valence-electron chi connectivity index (χ4n) is 1.93. The minimum atomic E-state index is 1.01. The van der Waals surface area contributed by atoms with E-state index in [4.69, 9.17) is 5.73 Å². The summed E-state index contributed by atoms with van der Waals surface area (Å²) in [5, 5.41) is 0. The van der Waals surface area contributed by atoms with E-state index in [1.165, 1.54) is 35.4 Å². The van der Waals surface area contributed by atoms with Gasteiger partial charge >= 0.3 is 0 Å². The lowest BCUT2D eigenvalue weighted by Gasteiger charge is -2.03. The highest BCUT2D eigenvalue weighted by Crippen LogP contribution is 2.26. The Balaban J connectivity index is 2.67. The summed E-state index contributed by atoms with van der Waals surface area (Å²) in [5.74, 6) is 0. The van der Waals surface area contributed by atoms with E-state index in [1.807, 2.05) is 0 Å². The van der Waals surface area contributed by atoms with E-state index in [-0.39, 0.29) is 0 Å². The van der Waals surface area contributed by atoms with E-state index >= 15 is 0 Å². The maximum Gasteiger partial charge on any atom is 0.185 e. The van der Waals surface area contributed by atoms with Crippen molar-refractivity contribution in [2.75, 3.05) is 5.73 Å². The van der Waals surface area contributed by atoms with Gasteiger partial charge in [-0.25, -0.2) is 4.98 Å². The van der Waals surface area contributed by atoms with E-state index in [1.54, 1.807) is 0 Å². The highest BCUT2D eigenvalue weighted by Gasteiger charge is 2.22. The highest BCUT2D eigenvalue weighted by molar-refractivity contribution is 5.55. The second kappa shape index (κ2) is 2.47. The lowest BCUT2D eigenvalue weighted by molar-refractivity contribution is -0.399. The summed E-state index contributed by atoms with van der Waals surface area (Å²) in [4.78, 5) is 3.42. The Morgan fingerprint density at radius 2 is 2.00 bits per heavy atom. The van der Waals surface area contributed by atoms with Gasteiger partial charge in [0.2, 0.25) is 0 Å². The van der Waals surface area contributed by atoms with E-state index in [9.17, 15) is 0 Å². The van der Waals surface area contributed by atoms with Gasteiger partial charge in [0.1, 0.15) is 0 Å². The topological polar surface area (TPSA) is 40.2 Å². The Hall–Kier alpha value is -1.05. The first-order valence-electron chi connectivity index (χ1n) is 4.50. The predicted octanol–water partition coefficient (Wildman–Crippen LogP) is 1.19. The molecular weight excluding hydrogens is 148 g/mol. The number of nitrogens with two attached hydrogens (primary N) is 1. The number of anilines is 1. The van der Waals surface area contributed by atoms with Gasteiger partial charge in [-0.1, -0.05) is 0 Å².